The lowest BCUT2D eigenvalue weighted by Crippen LogP contribution is -2.06. The minimum atomic E-state index is -4.26. The van der Waals surface area contributed by atoms with Crippen LogP contribution in [0.25, 0.3) is 0 Å². The van der Waals surface area contributed by atoms with Crippen LogP contribution >= 0.6 is 0 Å². The van der Waals surface area contributed by atoms with Crippen LogP contribution in [-0.4, -0.2) is 20.1 Å². The summed E-state index contributed by atoms with van der Waals surface area (Å²) in [7, 11) is -2.94. The predicted octanol–water partition coefficient (Wildman–Crippen LogP) is 0.401. The summed E-state index contributed by atoms with van der Waals surface area (Å²) >= 11 is 0. The molecule has 1 aromatic rings. The highest BCUT2D eigenvalue weighted by Crippen LogP contribution is 2.27. The molecule has 5 nitrogen and oxygen atoms in total. The highest BCUT2D eigenvalue weighted by Gasteiger charge is 2.18. The van der Waals surface area contributed by atoms with Crippen molar-refractivity contribution in [1.29, 1.82) is 0 Å². The lowest BCUT2D eigenvalue weighted by atomic mass is 10.2. The van der Waals surface area contributed by atoms with E-state index in [9.17, 15) is 8.42 Å². The average molecular weight is 217 g/mol. The normalized spacial score (nSPS) is 11.4. The summed E-state index contributed by atoms with van der Waals surface area (Å²) in [4.78, 5) is -0.261. The van der Waals surface area contributed by atoms with Gasteiger partial charge in [0.1, 0.15) is 10.6 Å². The highest BCUT2D eigenvalue weighted by molar-refractivity contribution is 7.86. The first kappa shape index (κ1) is 11.0. The van der Waals surface area contributed by atoms with E-state index in [-0.39, 0.29) is 17.2 Å². The van der Waals surface area contributed by atoms with Crippen molar-refractivity contribution < 1.29 is 17.7 Å². The van der Waals surface area contributed by atoms with Gasteiger partial charge in [0.2, 0.25) is 0 Å². The van der Waals surface area contributed by atoms with Gasteiger partial charge in [-0.1, -0.05) is 12.1 Å². The zero-order valence-electron chi connectivity index (χ0n) is 7.60. The second-order valence-electron chi connectivity index (χ2n) is 2.63. The third kappa shape index (κ3) is 2.03. The summed E-state index contributed by atoms with van der Waals surface area (Å²) in [5.41, 5.74) is 5.91. The first-order valence-corrected chi connectivity index (χ1v) is 5.28. The van der Waals surface area contributed by atoms with Crippen LogP contribution in [0.1, 0.15) is 5.56 Å². The van der Waals surface area contributed by atoms with Crippen molar-refractivity contribution in [3.63, 3.8) is 0 Å². The van der Waals surface area contributed by atoms with Gasteiger partial charge < -0.3 is 10.5 Å². The maximum atomic E-state index is 10.9. The Labute approximate surface area is 82.2 Å². The van der Waals surface area contributed by atoms with Crippen LogP contribution in [0.3, 0.4) is 0 Å². The van der Waals surface area contributed by atoms with Gasteiger partial charge in [0, 0.05) is 12.1 Å². The molecule has 0 amide bonds. The van der Waals surface area contributed by atoms with Gasteiger partial charge >= 0.3 is 0 Å². The molecular weight excluding hydrogens is 206 g/mol. The molecule has 0 fully saturated rings. The second-order valence-corrected chi connectivity index (χ2v) is 4.02. The predicted molar refractivity (Wildman–Crippen MR) is 50.7 cm³/mol. The summed E-state index contributed by atoms with van der Waals surface area (Å²) in [6, 6.07) is 4.38. The maximum absolute atomic E-state index is 10.9. The first-order valence-electron chi connectivity index (χ1n) is 3.84. The van der Waals surface area contributed by atoms with Gasteiger partial charge in [-0.15, -0.1) is 0 Å². The summed E-state index contributed by atoms with van der Waals surface area (Å²) in [6.45, 7) is 0.145. The molecule has 0 bridgehead atoms. The number of para-hydroxylation sites is 1. The Morgan fingerprint density at radius 3 is 2.57 bits per heavy atom. The van der Waals surface area contributed by atoms with Crippen molar-refractivity contribution in [2.24, 2.45) is 5.73 Å². The van der Waals surface area contributed by atoms with Crippen LogP contribution < -0.4 is 10.5 Å². The SMILES string of the molecule is COc1c(CN)cccc1S(=O)(=O)O. The van der Waals surface area contributed by atoms with Crippen molar-refractivity contribution in [3.8, 4) is 5.75 Å². The van der Waals surface area contributed by atoms with E-state index in [0.29, 0.717) is 5.56 Å². The fourth-order valence-corrected chi connectivity index (χ4v) is 1.86. The number of benzene rings is 1. The molecule has 1 aromatic carbocycles. The van der Waals surface area contributed by atoms with Crippen LogP contribution in [0.15, 0.2) is 23.1 Å². The van der Waals surface area contributed by atoms with Gasteiger partial charge in [-0.3, -0.25) is 4.55 Å². The summed E-state index contributed by atoms with van der Waals surface area (Å²) in [5.74, 6) is 0.0949. The maximum Gasteiger partial charge on any atom is 0.298 e. The molecule has 0 radical (unpaired) electrons. The van der Waals surface area contributed by atoms with E-state index in [2.05, 4.69) is 0 Å². The van der Waals surface area contributed by atoms with Crippen LogP contribution in [0.4, 0.5) is 0 Å². The molecule has 6 heteroatoms. The molecular formula is C8H11NO4S. The lowest BCUT2D eigenvalue weighted by Gasteiger charge is -2.09. The number of hydrogen-bond acceptors (Lipinski definition) is 4. The third-order valence-corrected chi connectivity index (χ3v) is 2.64. The lowest BCUT2D eigenvalue weighted by molar-refractivity contribution is 0.392. The van der Waals surface area contributed by atoms with Gasteiger partial charge in [-0.2, -0.15) is 8.42 Å². The van der Waals surface area contributed by atoms with Crippen molar-refractivity contribution in [2.75, 3.05) is 7.11 Å². The van der Waals surface area contributed by atoms with E-state index in [1.807, 2.05) is 0 Å². The molecule has 0 aliphatic heterocycles. The molecule has 0 saturated heterocycles. The van der Waals surface area contributed by atoms with E-state index < -0.39 is 10.1 Å². The quantitative estimate of drug-likeness (QED) is 0.715. The number of ether oxygens (including phenoxy) is 1. The Morgan fingerprint density at radius 1 is 1.50 bits per heavy atom. The Morgan fingerprint density at radius 2 is 2.14 bits per heavy atom. The van der Waals surface area contributed by atoms with Crippen LogP contribution in [0.5, 0.6) is 5.75 Å². The Balaban J connectivity index is 3.45. The first-order chi connectivity index (χ1) is 6.50. The van der Waals surface area contributed by atoms with Gasteiger partial charge in [0.25, 0.3) is 10.1 Å². The Hall–Kier alpha value is -1.11. The monoisotopic (exact) mass is 217 g/mol. The molecule has 0 aliphatic carbocycles. The number of hydrogen-bond donors (Lipinski definition) is 2. The van der Waals surface area contributed by atoms with Gasteiger partial charge in [0.15, 0.2) is 0 Å². The molecule has 0 atom stereocenters. The average Bonchev–Trinajstić information content (AvgIpc) is 2.15. The largest absolute Gasteiger partial charge is 0.495 e. The van der Waals surface area contributed by atoms with E-state index in [1.165, 1.54) is 19.2 Å². The van der Waals surface area contributed by atoms with Crippen molar-refractivity contribution in [2.45, 2.75) is 11.4 Å². The molecule has 0 saturated carbocycles. The minimum absolute atomic E-state index is 0.0949. The summed E-state index contributed by atoms with van der Waals surface area (Å²) < 4.78 is 35.6. The minimum Gasteiger partial charge on any atom is -0.495 e. The van der Waals surface area contributed by atoms with Crippen LogP contribution in [-0.2, 0) is 16.7 Å². The van der Waals surface area contributed by atoms with Gasteiger partial charge in [-0.05, 0) is 6.07 Å². The fourth-order valence-electron chi connectivity index (χ4n) is 1.16. The van der Waals surface area contributed by atoms with E-state index >= 15 is 0 Å². The molecule has 3 N–H and O–H groups in total. The molecule has 0 unspecified atom stereocenters. The standard InChI is InChI=1S/C8H11NO4S/c1-13-8-6(5-9)3-2-4-7(8)14(10,11)12/h2-4H,5,9H2,1H3,(H,10,11,12). The molecule has 78 valence electrons. The van der Waals surface area contributed by atoms with Crippen LogP contribution in [0.2, 0.25) is 0 Å². The molecule has 14 heavy (non-hydrogen) atoms. The zero-order chi connectivity index (χ0) is 10.8. The highest BCUT2D eigenvalue weighted by atomic mass is 32.2. The van der Waals surface area contributed by atoms with Crippen molar-refractivity contribution in [1.82, 2.24) is 0 Å². The number of methoxy groups -OCH3 is 1. The van der Waals surface area contributed by atoms with E-state index in [1.54, 1.807) is 6.07 Å². The molecule has 1 rings (SSSR count). The topological polar surface area (TPSA) is 89.6 Å². The van der Waals surface area contributed by atoms with E-state index in [4.69, 9.17) is 15.0 Å². The van der Waals surface area contributed by atoms with Crippen molar-refractivity contribution >= 4 is 10.1 Å². The third-order valence-electron chi connectivity index (χ3n) is 1.76. The summed E-state index contributed by atoms with van der Waals surface area (Å²) in [6.07, 6.45) is 0. The fraction of sp³-hybridized carbons (Fsp3) is 0.250. The number of nitrogens with two attached hydrogens (primary N) is 1. The second kappa shape index (κ2) is 3.95. The van der Waals surface area contributed by atoms with Gasteiger partial charge in [0.05, 0.1) is 7.11 Å². The number of rotatable bonds is 3. The van der Waals surface area contributed by atoms with Crippen LogP contribution in [0, 0.1) is 0 Å². The summed E-state index contributed by atoms with van der Waals surface area (Å²) in [5, 5.41) is 0. The Bertz CT molecular complexity index is 427. The Kier molecular flexibility index (Phi) is 3.10. The zero-order valence-corrected chi connectivity index (χ0v) is 8.41. The van der Waals surface area contributed by atoms with Crippen molar-refractivity contribution in [3.05, 3.63) is 23.8 Å². The van der Waals surface area contributed by atoms with Gasteiger partial charge in [-0.25, -0.2) is 0 Å². The van der Waals surface area contributed by atoms with E-state index in [0.717, 1.165) is 0 Å². The smallest absolute Gasteiger partial charge is 0.298 e. The molecule has 0 aromatic heterocycles. The molecule has 0 aliphatic rings. The molecule has 0 heterocycles. The molecule has 0 spiro atoms.